The van der Waals surface area contributed by atoms with E-state index in [2.05, 4.69) is 4.98 Å². The Hall–Kier alpha value is -1.11. The van der Waals surface area contributed by atoms with Crippen molar-refractivity contribution in [2.75, 3.05) is 11.4 Å². The number of aromatic nitrogens is 1. The summed E-state index contributed by atoms with van der Waals surface area (Å²) in [6, 6.07) is 6.76. The maximum absolute atomic E-state index is 12.1. The summed E-state index contributed by atoms with van der Waals surface area (Å²) < 4.78 is 25.5. The van der Waals surface area contributed by atoms with Gasteiger partial charge in [-0.1, -0.05) is 23.7 Å². The summed E-state index contributed by atoms with van der Waals surface area (Å²) in [6.07, 6.45) is 1.58. The van der Waals surface area contributed by atoms with Crippen LogP contribution in [0.25, 0.3) is 0 Å². The van der Waals surface area contributed by atoms with Gasteiger partial charge in [0.05, 0.1) is 5.75 Å². The minimum Gasteiger partial charge on any atom is -0.248 e. The van der Waals surface area contributed by atoms with Crippen molar-refractivity contribution in [2.24, 2.45) is 0 Å². The molecular weight excluding hydrogens is 292 g/mol. The van der Waals surface area contributed by atoms with Gasteiger partial charge in [-0.05, 0) is 17.7 Å². The molecule has 0 atom stereocenters. The van der Waals surface area contributed by atoms with E-state index in [0.717, 1.165) is 0 Å². The first-order valence-electron chi connectivity index (χ1n) is 5.09. The van der Waals surface area contributed by atoms with Crippen molar-refractivity contribution in [3.63, 3.8) is 0 Å². The Morgan fingerprint density at radius 1 is 1.33 bits per heavy atom. The number of anilines is 1. The zero-order chi connectivity index (χ0) is 13.2. The van der Waals surface area contributed by atoms with Crippen LogP contribution in [-0.2, 0) is 15.8 Å². The van der Waals surface area contributed by atoms with Crippen LogP contribution >= 0.6 is 22.9 Å². The lowest BCUT2D eigenvalue weighted by Gasteiger charge is -2.16. The highest BCUT2D eigenvalue weighted by Gasteiger charge is 2.20. The van der Waals surface area contributed by atoms with Crippen LogP contribution < -0.4 is 4.31 Å². The molecule has 0 amide bonds. The van der Waals surface area contributed by atoms with Crippen LogP contribution in [0.1, 0.15) is 5.56 Å². The molecule has 1 aromatic heterocycles. The molecular formula is C11H11ClN2O2S2. The lowest BCUT2D eigenvalue weighted by molar-refractivity contribution is 0.593. The third kappa shape index (κ3) is 3.01. The second-order valence-electron chi connectivity index (χ2n) is 3.66. The van der Waals surface area contributed by atoms with Crippen LogP contribution in [0.5, 0.6) is 0 Å². The second-order valence-corrected chi connectivity index (χ2v) is 6.97. The maximum atomic E-state index is 12.1. The van der Waals surface area contributed by atoms with E-state index in [1.807, 2.05) is 0 Å². The number of hydrogen-bond donors (Lipinski definition) is 0. The predicted molar refractivity (Wildman–Crippen MR) is 74.6 cm³/mol. The molecule has 1 heterocycles. The first-order valence-corrected chi connectivity index (χ1v) is 7.96. The highest BCUT2D eigenvalue weighted by molar-refractivity contribution is 7.92. The van der Waals surface area contributed by atoms with E-state index in [4.69, 9.17) is 11.6 Å². The van der Waals surface area contributed by atoms with Gasteiger partial charge in [0.2, 0.25) is 10.0 Å². The molecule has 0 N–H and O–H groups in total. The fourth-order valence-corrected chi connectivity index (χ4v) is 3.58. The molecule has 0 unspecified atom stereocenters. The highest BCUT2D eigenvalue weighted by Crippen LogP contribution is 2.21. The average Bonchev–Trinajstić information content (AvgIpc) is 2.84. The second kappa shape index (κ2) is 5.26. The number of halogens is 1. The van der Waals surface area contributed by atoms with Gasteiger partial charge in [-0.15, -0.1) is 11.3 Å². The largest absolute Gasteiger partial charge is 0.248 e. The summed E-state index contributed by atoms with van der Waals surface area (Å²) in [7, 11) is -1.91. The number of sulfonamides is 1. The van der Waals surface area contributed by atoms with Gasteiger partial charge >= 0.3 is 0 Å². The maximum Gasteiger partial charge on any atom is 0.240 e. The Balaban J connectivity index is 2.19. The fraction of sp³-hybridized carbons (Fsp3) is 0.182. The van der Waals surface area contributed by atoms with Gasteiger partial charge in [-0.25, -0.2) is 17.7 Å². The molecule has 0 aliphatic heterocycles. The summed E-state index contributed by atoms with van der Waals surface area (Å²) in [5.41, 5.74) is 0.697. The van der Waals surface area contributed by atoms with E-state index in [1.165, 1.54) is 22.7 Å². The molecule has 2 rings (SSSR count). The summed E-state index contributed by atoms with van der Waals surface area (Å²) in [5, 5.41) is 2.79. The topological polar surface area (TPSA) is 50.3 Å². The third-order valence-electron chi connectivity index (χ3n) is 2.37. The molecule has 18 heavy (non-hydrogen) atoms. The Morgan fingerprint density at radius 3 is 2.56 bits per heavy atom. The van der Waals surface area contributed by atoms with E-state index in [-0.39, 0.29) is 5.75 Å². The molecule has 2 aromatic rings. The zero-order valence-electron chi connectivity index (χ0n) is 9.58. The highest BCUT2D eigenvalue weighted by atomic mass is 35.5. The lowest BCUT2D eigenvalue weighted by Crippen LogP contribution is -2.27. The first kappa shape index (κ1) is 13.3. The van der Waals surface area contributed by atoms with Crippen molar-refractivity contribution in [1.82, 2.24) is 4.98 Å². The molecule has 0 bridgehead atoms. The minimum absolute atomic E-state index is 0.0692. The Bertz CT molecular complexity index is 609. The number of benzene rings is 1. The SMILES string of the molecule is CN(c1nccs1)S(=O)(=O)Cc1ccc(Cl)cc1. The first-order chi connectivity index (χ1) is 8.49. The van der Waals surface area contributed by atoms with E-state index in [0.29, 0.717) is 15.7 Å². The van der Waals surface area contributed by atoms with Crippen molar-refractivity contribution < 1.29 is 8.42 Å². The summed E-state index contributed by atoms with van der Waals surface area (Å²) >= 11 is 7.04. The average molecular weight is 303 g/mol. The molecule has 0 spiro atoms. The molecule has 0 aliphatic rings. The van der Waals surface area contributed by atoms with Gasteiger partial charge in [0.1, 0.15) is 0 Å². The van der Waals surface area contributed by atoms with Gasteiger partial charge in [-0.3, -0.25) is 0 Å². The quantitative estimate of drug-likeness (QED) is 0.872. The van der Waals surface area contributed by atoms with Gasteiger partial charge in [0.25, 0.3) is 0 Å². The normalized spacial score (nSPS) is 11.4. The van der Waals surface area contributed by atoms with Crippen LogP contribution in [0.2, 0.25) is 5.02 Å². The lowest BCUT2D eigenvalue weighted by atomic mass is 10.2. The molecule has 7 heteroatoms. The van der Waals surface area contributed by atoms with Gasteiger partial charge in [0.15, 0.2) is 5.13 Å². The van der Waals surface area contributed by atoms with Crippen LogP contribution in [0, 0.1) is 0 Å². The van der Waals surface area contributed by atoms with E-state index in [1.54, 1.807) is 35.8 Å². The summed E-state index contributed by atoms with van der Waals surface area (Å²) in [5.74, 6) is -0.0692. The van der Waals surface area contributed by atoms with Crippen molar-refractivity contribution in [1.29, 1.82) is 0 Å². The number of hydrogen-bond acceptors (Lipinski definition) is 4. The molecule has 4 nitrogen and oxygen atoms in total. The molecule has 0 radical (unpaired) electrons. The van der Waals surface area contributed by atoms with Crippen LogP contribution in [0.15, 0.2) is 35.8 Å². The minimum atomic E-state index is -3.41. The predicted octanol–water partition coefficient (Wildman–Crippen LogP) is 2.76. The van der Waals surface area contributed by atoms with Crippen molar-refractivity contribution in [3.8, 4) is 0 Å². The van der Waals surface area contributed by atoms with Gasteiger partial charge < -0.3 is 0 Å². The van der Waals surface area contributed by atoms with Crippen molar-refractivity contribution in [3.05, 3.63) is 46.4 Å². The molecule has 0 aliphatic carbocycles. The summed E-state index contributed by atoms with van der Waals surface area (Å²) in [6.45, 7) is 0. The van der Waals surface area contributed by atoms with E-state index >= 15 is 0 Å². The van der Waals surface area contributed by atoms with E-state index < -0.39 is 10.0 Å². The van der Waals surface area contributed by atoms with E-state index in [9.17, 15) is 8.42 Å². The molecule has 1 aromatic carbocycles. The number of rotatable bonds is 4. The van der Waals surface area contributed by atoms with Crippen molar-refractivity contribution in [2.45, 2.75) is 5.75 Å². The number of nitrogens with zero attached hydrogens (tertiary/aromatic N) is 2. The molecule has 0 saturated heterocycles. The van der Waals surface area contributed by atoms with Crippen LogP contribution in [0.4, 0.5) is 5.13 Å². The smallest absolute Gasteiger partial charge is 0.240 e. The molecule has 0 fully saturated rings. The number of thiazole rings is 1. The standard InChI is InChI=1S/C11H11ClN2O2S2/c1-14(11-13-6-7-17-11)18(15,16)8-9-2-4-10(12)5-3-9/h2-7H,8H2,1H3. The Morgan fingerprint density at radius 2 is 2.00 bits per heavy atom. The molecule has 0 saturated carbocycles. The Labute approximate surface area is 115 Å². The zero-order valence-corrected chi connectivity index (χ0v) is 12.0. The van der Waals surface area contributed by atoms with Crippen LogP contribution in [-0.4, -0.2) is 20.4 Å². The van der Waals surface area contributed by atoms with Gasteiger partial charge in [-0.2, -0.15) is 0 Å². The third-order valence-corrected chi connectivity index (χ3v) is 5.29. The van der Waals surface area contributed by atoms with Crippen LogP contribution in [0.3, 0.4) is 0 Å². The summed E-state index contributed by atoms with van der Waals surface area (Å²) in [4.78, 5) is 3.98. The molecule has 96 valence electrons. The monoisotopic (exact) mass is 302 g/mol. The Kier molecular flexibility index (Phi) is 3.89. The van der Waals surface area contributed by atoms with Gasteiger partial charge in [0, 0.05) is 23.6 Å². The van der Waals surface area contributed by atoms with Crippen molar-refractivity contribution >= 4 is 38.1 Å². The fourth-order valence-electron chi connectivity index (χ4n) is 1.38.